The Bertz CT molecular complexity index is 510. The van der Waals surface area contributed by atoms with Gasteiger partial charge < -0.3 is 0 Å². The van der Waals surface area contributed by atoms with Crippen molar-refractivity contribution in [1.29, 1.82) is 0 Å². The number of rotatable bonds is 2. The molecule has 0 unspecified atom stereocenters. The lowest BCUT2D eigenvalue weighted by Crippen LogP contribution is -1.90. The van der Waals surface area contributed by atoms with Crippen LogP contribution in [0.2, 0.25) is 0 Å². The Kier molecular flexibility index (Phi) is 6.07. The summed E-state index contributed by atoms with van der Waals surface area (Å²) in [6.07, 6.45) is 0. The maximum absolute atomic E-state index is 3.69. The summed E-state index contributed by atoms with van der Waals surface area (Å²) < 4.78 is 0. The highest BCUT2D eigenvalue weighted by Crippen LogP contribution is 2.29. The highest BCUT2D eigenvalue weighted by atomic mass is 79.9. The van der Waals surface area contributed by atoms with E-state index < -0.39 is 0 Å². The van der Waals surface area contributed by atoms with Crippen molar-refractivity contribution in [1.82, 2.24) is 0 Å². The van der Waals surface area contributed by atoms with Gasteiger partial charge in [0.2, 0.25) is 0 Å². The van der Waals surface area contributed by atoms with Crippen LogP contribution in [0.4, 0.5) is 0 Å². The van der Waals surface area contributed by atoms with Crippen molar-refractivity contribution in [2.45, 2.75) is 4.83 Å². The first-order valence-corrected chi connectivity index (χ1v) is 7.53. The average Bonchev–Trinajstić information content (AvgIpc) is 2.58. The molecule has 20 heavy (non-hydrogen) atoms. The van der Waals surface area contributed by atoms with E-state index in [-0.39, 0.29) is 0 Å². The van der Waals surface area contributed by atoms with Gasteiger partial charge in [0.1, 0.15) is 0 Å². The van der Waals surface area contributed by atoms with E-state index in [4.69, 9.17) is 0 Å². The van der Waals surface area contributed by atoms with E-state index in [0.717, 1.165) is 0 Å². The second-order valence-electron chi connectivity index (χ2n) is 4.34. The van der Waals surface area contributed by atoms with Crippen molar-refractivity contribution < 1.29 is 0 Å². The zero-order chi connectivity index (χ0) is 14.0. The molecule has 100 valence electrons. The third-order valence-corrected chi connectivity index (χ3v) is 3.91. The van der Waals surface area contributed by atoms with Crippen molar-refractivity contribution in [3.63, 3.8) is 0 Å². The van der Waals surface area contributed by atoms with Crippen LogP contribution in [0.15, 0.2) is 97.1 Å². The Morgan fingerprint density at radius 1 is 0.450 bits per heavy atom. The van der Waals surface area contributed by atoms with Gasteiger partial charge in [-0.3, -0.25) is 0 Å². The van der Waals surface area contributed by atoms with Gasteiger partial charge in [-0.15, -0.1) is 0 Å². The van der Waals surface area contributed by atoms with Crippen LogP contribution in [-0.2, 0) is 0 Å². The largest absolute Gasteiger partial charge is 0.0786 e. The van der Waals surface area contributed by atoms with Crippen LogP contribution < -0.4 is 0 Å². The molecule has 3 aromatic rings. The lowest BCUT2D eigenvalue weighted by atomic mass is 10.1. The molecule has 0 bridgehead atoms. The first-order valence-electron chi connectivity index (χ1n) is 6.62. The highest BCUT2D eigenvalue weighted by molar-refractivity contribution is 9.09. The molecule has 0 nitrogen and oxygen atoms in total. The molecule has 1 heteroatoms. The van der Waals surface area contributed by atoms with Crippen LogP contribution in [0, 0.1) is 0 Å². The minimum absolute atomic E-state index is 0.296. The molecule has 0 aliphatic heterocycles. The van der Waals surface area contributed by atoms with Crippen molar-refractivity contribution >= 4 is 15.9 Å². The molecule has 0 radical (unpaired) electrons. The summed E-state index contributed by atoms with van der Waals surface area (Å²) in [4.78, 5) is 0.296. The molecule has 0 heterocycles. The fourth-order valence-electron chi connectivity index (χ4n) is 1.82. The van der Waals surface area contributed by atoms with Crippen LogP contribution in [-0.4, -0.2) is 0 Å². The van der Waals surface area contributed by atoms with E-state index in [0.29, 0.717) is 4.83 Å². The zero-order valence-corrected chi connectivity index (χ0v) is 12.8. The van der Waals surface area contributed by atoms with E-state index in [9.17, 15) is 0 Å². The van der Waals surface area contributed by atoms with Crippen LogP contribution in [0.5, 0.6) is 0 Å². The summed E-state index contributed by atoms with van der Waals surface area (Å²) in [5.41, 5.74) is 2.58. The molecule has 0 amide bonds. The van der Waals surface area contributed by atoms with Crippen molar-refractivity contribution in [3.8, 4) is 0 Å². The maximum Gasteiger partial charge on any atom is 0.0644 e. The molecule has 0 saturated carbocycles. The highest BCUT2D eigenvalue weighted by Gasteiger charge is 2.07. The Hall–Kier alpha value is -1.86. The van der Waals surface area contributed by atoms with Crippen molar-refractivity contribution in [2.75, 3.05) is 0 Å². The number of hydrogen-bond acceptors (Lipinski definition) is 0. The Labute approximate surface area is 129 Å². The van der Waals surface area contributed by atoms with E-state index in [1.807, 2.05) is 48.5 Å². The Morgan fingerprint density at radius 3 is 1.00 bits per heavy atom. The lowest BCUT2D eigenvalue weighted by molar-refractivity contribution is 1.18. The quantitative estimate of drug-likeness (QED) is 0.518. The number of halogens is 1. The second-order valence-corrected chi connectivity index (χ2v) is 5.25. The predicted octanol–water partition coefficient (Wildman–Crippen LogP) is 5.86. The van der Waals surface area contributed by atoms with E-state index in [1.54, 1.807) is 0 Å². The average molecular weight is 325 g/mol. The van der Waals surface area contributed by atoms with E-state index in [2.05, 4.69) is 64.5 Å². The normalized spacial score (nSPS) is 9.70. The fraction of sp³-hybridized carbons (Fsp3) is 0.0526. The third kappa shape index (κ3) is 4.67. The van der Waals surface area contributed by atoms with Gasteiger partial charge in [0, 0.05) is 0 Å². The Morgan fingerprint density at radius 2 is 0.700 bits per heavy atom. The second kappa shape index (κ2) is 8.34. The van der Waals surface area contributed by atoms with E-state index in [1.165, 1.54) is 11.1 Å². The minimum Gasteiger partial charge on any atom is -0.0786 e. The van der Waals surface area contributed by atoms with Crippen LogP contribution >= 0.6 is 15.9 Å². The van der Waals surface area contributed by atoms with Gasteiger partial charge in [-0.25, -0.2) is 0 Å². The Balaban J connectivity index is 0.000000205. The molecule has 0 atom stereocenters. The van der Waals surface area contributed by atoms with E-state index >= 15 is 0 Å². The summed E-state index contributed by atoms with van der Waals surface area (Å²) in [6, 6.07) is 32.8. The maximum atomic E-state index is 3.69. The summed E-state index contributed by atoms with van der Waals surface area (Å²) in [6.45, 7) is 0. The molecule has 3 aromatic carbocycles. The molecule has 0 N–H and O–H groups in total. The molecule has 0 spiro atoms. The molecule has 0 aliphatic rings. The lowest BCUT2D eigenvalue weighted by Gasteiger charge is -2.09. The van der Waals surface area contributed by atoms with Gasteiger partial charge in [-0.1, -0.05) is 113 Å². The van der Waals surface area contributed by atoms with Gasteiger partial charge >= 0.3 is 0 Å². The monoisotopic (exact) mass is 324 g/mol. The fourth-order valence-corrected chi connectivity index (χ4v) is 2.43. The minimum atomic E-state index is 0.296. The van der Waals surface area contributed by atoms with Gasteiger partial charge in [0.05, 0.1) is 4.83 Å². The standard InChI is InChI=1S/C13H11Br.C6H6/c14-13(11-7-3-1-4-8-11)12-9-5-2-6-10-12;1-2-4-6-5-3-1/h1-10,13H;1-6H. The number of benzene rings is 3. The van der Waals surface area contributed by atoms with Gasteiger partial charge in [0.15, 0.2) is 0 Å². The smallest absolute Gasteiger partial charge is 0.0644 e. The topological polar surface area (TPSA) is 0 Å². The van der Waals surface area contributed by atoms with Crippen molar-refractivity contribution in [3.05, 3.63) is 108 Å². The van der Waals surface area contributed by atoms with Gasteiger partial charge in [-0.2, -0.15) is 0 Å². The number of hydrogen-bond donors (Lipinski definition) is 0. The zero-order valence-electron chi connectivity index (χ0n) is 11.2. The summed E-state index contributed by atoms with van der Waals surface area (Å²) in [5.74, 6) is 0. The summed E-state index contributed by atoms with van der Waals surface area (Å²) in [5, 5.41) is 0. The third-order valence-electron chi connectivity index (χ3n) is 2.85. The summed E-state index contributed by atoms with van der Waals surface area (Å²) >= 11 is 3.69. The van der Waals surface area contributed by atoms with Crippen LogP contribution in [0.1, 0.15) is 16.0 Å². The first kappa shape index (κ1) is 14.5. The van der Waals surface area contributed by atoms with Crippen molar-refractivity contribution in [2.24, 2.45) is 0 Å². The summed E-state index contributed by atoms with van der Waals surface area (Å²) in [7, 11) is 0. The molecule has 0 aromatic heterocycles. The van der Waals surface area contributed by atoms with Gasteiger partial charge in [-0.05, 0) is 11.1 Å². The molecule has 0 fully saturated rings. The SMILES string of the molecule is BrC(c1ccccc1)c1ccccc1.c1ccccc1. The molecular weight excluding hydrogens is 308 g/mol. The van der Waals surface area contributed by atoms with Crippen LogP contribution in [0.25, 0.3) is 0 Å². The van der Waals surface area contributed by atoms with Crippen LogP contribution in [0.3, 0.4) is 0 Å². The molecule has 0 aliphatic carbocycles. The molecule has 0 saturated heterocycles. The molecule has 3 rings (SSSR count). The predicted molar refractivity (Wildman–Crippen MR) is 90.1 cm³/mol. The number of alkyl halides is 1. The van der Waals surface area contributed by atoms with Gasteiger partial charge in [0.25, 0.3) is 0 Å². The first-order chi connectivity index (χ1) is 9.88. The molecular formula is C19H17Br.